The summed E-state index contributed by atoms with van der Waals surface area (Å²) >= 11 is 1.81. The molecule has 2 aromatic rings. The predicted octanol–water partition coefficient (Wildman–Crippen LogP) is 3.11. The fraction of sp³-hybridized carbons (Fsp3) is 0.421. The maximum atomic E-state index is 12.7. The molecule has 0 N–H and O–H groups in total. The third kappa shape index (κ3) is 2.69. The number of rotatable bonds is 3. The number of likely N-dealkylation sites (tertiary alicyclic amines) is 1. The maximum absolute atomic E-state index is 12.7. The van der Waals surface area contributed by atoms with Gasteiger partial charge in [-0.3, -0.25) is 9.69 Å². The van der Waals surface area contributed by atoms with E-state index in [2.05, 4.69) is 22.4 Å². The number of hydrogen-bond acceptors (Lipinski definition) is 5. The molecule has 0 saturated carbocycles. The molecule has 2 saturated heterocycles. The summed E-state index contributed by atoms with van der Waals surface area (Å²) in [5.74, 6) is 1.71. The molecule has 5 rings (SSSR count). The van der Waals surface area contributed by atoms with Gasteiger partial charge in [0.25, 0.3) is 0 Å². The van der Waals surface area contributed by atoms with E-state index in [1.165, 1.54) is 4.88 Å². The van der Waals surface area contributed by atoms with Gasteiger partial charge in [-0.2, -0.15) is 0 Å². The predicted molar refractivity (Wildman–Crippen MR) is 96.2 cm³/mol. The van der Waals surface area contributed by atoms with Gasteiger partial charge in [-0.1, -0.05) is 6.07 Å². The smallest absolute Gasteiger partial charge is 0.231 e. The lowest BCUT2D eigenvalue weighted by Gasteiger charge is -2.24. The van der Waals surface area contributed by atoms with Crippen LogP contribution in [0.2, 0.25) is 0 Å². The summed E-state index contributed by atoms with van der Waals surface area (Å²) in [6.45, 7) is 4.12. The van der Waals surface area contributed by atoms with Crippen LogP contribution in [0.3, 0.4) is 0 Å². The van der Waals surface area contributed by atoms with E-state index in [0.717, 1.165) is 49.8 Å². The SMILES string of the molecule is O=C1CC2(CCN(Cc3cccs3)C2)CN1c1ccc2c(c1)OCO2. The van der Waals surface area contributed by atoms with Crippen LogP contribution < -0.4 is 14.4 Å². The Labute approximate surface area is 150 Å². The number of nitrogens with zero attached hydrogens (tertiary/aromatic N) is 2. The minimum Gasteiger partial charge on any atom is -0.454 e. The second kappa shape index (κ2) is 5.75. The first-order valence-electron chi connectivity index (χ1n) is 8.66. The molecule has 130 valence electrons. The molecule has 4 heterocycles. The lowest BCUT2D eigenvalue weighted by Crippen LogP contribution is -2.31. The van der Waals surface area contributed by atoms with Crippen molar-refractivity contribution in [3.8, 4) is 11.5 Å². The van der Waals surface area contributed by atoms with Crippen molar-refractivity contribution < 1.29 is 14.3 Å². The summed E-state index contributed by atoms with van der Waals surface area (Å²) in [6, 6.07) is 10.1. The molecule has 6 heteroatoms. The zero-order valence-corrected chi connectivity index (χ0v) is 14.8. The number of benzene rings is 1. The van der Waals surface area contributed by atoms with Crippen molar-refractivity contribution in [3.63, 3.8) is 0 Å². The molecular weight excluding hydrogens is 336 g/mol. The largest absolute Gasteiger partial charge is 0.454 e. The first kappa shape index (κ1) is 15.2. The standard InChI is InChI=1S/C19H20N2O3S/c22-18-9-19(5-6-20(11-19)10-15-2-1-7-25-15)12-21(18)14-3-4-16-17(8-14)24-13-23-16/h1-4,7-8H,5-6,9-13H2. The molecule has 25 heavy (non-hydrogen) atoms. The first-order valence-corrected chi connectivity index (χ1v) is 9.54. The van der Waals surface area contributed by atoms with Crippen molar-refractivity contribution in [3.05, 3.63) is 40.6 Å². The number of fused-ring (bicyclic) bond motifs is 1. The minimum absolute atomic E-state index is 0.0880. The first-order chi connectivity index (χ1) is 12.2. The van der Waals surface area contributed by atoms with Crippen LogP contribution in [0.5, 0.6) is 11.5 Å². The van der Waals surface area contributed by atoms with Crippen molar-refractivity contribution in [2.75, 3.05) is 31.3 Å². The Morgan fingerprint density at radius 1 is 1.16 bits per heavy atom. The van der Waals surface area contributed by atoms with Crippen molar-refractivity contribution in [1.82, 2.24) is 4.90 Å². The molecule has 1 spiro atoms. The summed E-state index contributed by atoms with van der Waals surface area (Å²) in [5.41, 5.74) is 1.01. The summed E-state index contributed by atoms with van der Waals surface area (Å²) in [5, 5.41) is 2.13. The van der Waals surface area contributed by atoms with Gasteiger partial charge in [-0.25, -0.2) is 0 Å². The maximum Gasteiger partial charge on any atom is 0.231 e. The number of anilines is 1. The van der Waals surface area contributed by atoms with Gasteiger partial charge >= 0.3 is 0 Å². The minimum atomic E-state index is 0.0880. The van der Waals surface area contributed by atoms with E-state index in [1.54, 1.807) is 11.3 Å². The summed E-state index contributed by atoms with van der Waals surface area (Å²) in [4.78, 5) is 18.5. The fourth-order valence-corrected chi connectivity index (χ4v) is 4.99. The Balaban J connectivity index is 1.32. The Morgan fingerprint density at radius 2 is 2.08 bits per heavy atom. The molecule has 5 nitrogen and oxygen atoms in total. The van der Waals surface area contributed by atoms with Gasteiger partial charge in [0.05, 0.1) is 0 Å². The molecule has 2 fully saturated rings. The van der Waals surface area contributed by atoms with Gasteiger partial charge in [-0.05, 0) is 36.5 Å². The van der Waals surface area contributed by atoms with Gasteiger partial charge < -0.3 is 14.4 Å². The quantitative estimate of drug-likeness (QED) is 0.847. The van der Waals surface area contributed by atoms with Crippen LogP contribution in [-0.4, -0.2) is 37.2 Å². The summed E-state index contributed by atoms with van der Waals surface area (Å²) in [6.07, 6.45) is 1.73. The Bertz CT molecular complexity index is 807. The number of carbonyl (C=O) groups is 1. The highest BCUT2D eigenvalue weighted by atomic mass is 32.1. The van der Waals surface area contributed by atoms with Gasteiger partial charge in [0.15, 0.2) is 11.5 Å². The monoisotopic (exact) mass is 356 g/mol. The molecule has 3 aliphatic heterocycles. The highest BCUT2D eigenvalue weighted by Crippen LogP contribution is 2.44. The summed E-state index contributed by atoms with van der Waals surface area (Å²) < 4.78 is 10.8. The molecule has 0 bridgehead atoms. The molecule has 1 aromatic carbocycles. The average molecular weight is 356 g/mol. The van der Waals surface area contributed by atoms with Gasteiger partial charge in [0.1, 0.15) is 0 Å². The number of amides is 1. The van der Waals surface area contributed by atoms with Gasteiger partial charge in [0, 0.05) is 48.1 Å². The van der Waals surface area contributed by atoms with E-state index in [1.807, 2.05) is 23.1 Å². The van der Waals surface area contributed by atoms with Crippen molar-refractivity contribution >= 4 is 22.9 Å². The number of thiophene rings is 1. The van der Waals surface area contributed by atoms with Crippen LogP contribution in [0.25, 0.3) is 0 Å². The molecule has 1 aromatic heterocycles. The van der Waals surface area contributed by atoms with E-state index >= 15 is 0 Å². The van der Waals surface area contributed by atoms with E-state index in [4.69, 9.17) is 9.47 Å². The summed E-state index contributed by atoms with van der Waals surface area (Å²) in [7, 11) is 0. The van der Waals surface area contributed by atoms with E-state index in [-0.39, 0.29) is 18.1 Å². The van der Waals surface area contributed by atoms with Gasteiger partial charge in [0.2, 0.25) is 12.7 Å². The van der Waals surface area contributed by atoms with Crippen LogP contribution in [0.1, 0.15) is 17.7 Å². The Hall–Kier alpha value is -2.05. The van der Waals surface area contributed by atoms with Crippen molar-refractivity contribution in [2.24, 2.45) is 5.41 Å². The second-order valence-electron chi connectivity index (χ2n) is 7.23. The topological polar surface area (TPSA) is 42.0 Å². The number of ether oxygens (including phenoxy) is 2. The lowest BCUT2D eigenvalue weighted by molar-refractivity contribution is -0.117. The van der Waals surface area contributed by atoms with Crippen LogP contribution in [0.15, 0.2) is 35.7 Å². The number of hydrogen-bond donors (Lipinski definition) is 0. The average Bonchev–Trinajstić information content (AvgIpc) is 3.37. The third-order valence-corrected chi connectivity index (χ3v) is 6.33. The zero-order chi connectivity index (χ0) is 16.9. The van der Waals surface area contributed by atoms with E-state index in [9.17, 15) is 4.79 Å². The highest BCUT2D eigenvalue weighted by molar-refractivity contribution is 7.09. The molecule has 0 aliphatic carbocycles. The van der Waals surface area contributed by atoms with Crippen LogP contribution in [0, 0.1) is 5.41 Å². The van der Waals surface area contributed by atoms with Crippen LogP contribution in [-0.2, 0) is 11.3 Å². The molecule has 0 radical (unpaired) electrons. The zero-order valence-electron chi connectivity index (χ0n) is 13.9. The molecule has 1 unspecified atom stereocenters. The van der Waals surface area contributed by atoms with Crippen molar-refractivity contribution in [2.45, 2.75) is 19.4 Å². The van der Waals surface area contributed by atoms with E-state index < -0.39 is 0 Å². The second-order valence-corrected chi connectivity index (χ2v) is 8.27. The molecule has 1 amide bonds. The van der Waals surface area contributed by atoms with Gasteiger partial charge in [-0.15, -0.1) is 11.3 Å². The Kier molecular flexibility index (Phi) is 3.50. The highest BCUT2D eigenvalue weighted by Gasteiger charge is 2.47. The number of carbonyl (C=O) groups excluding carboxylic acids is 1. The van der Waals surface area contributed by atoms with E-state index in [0.29, 0.717) is 6.42 Å². The van der Waals surface area contributed by atoms with Crippen LogP contribution in [0.4, 0.5) is 5.69 Å². The third-order valence-electron chi connectivity index (χ3n) is 5.47. The fourth-order valence-electron chi connectivity index (χ4n) is 4.24. The lowest BCUT2D eigenvalue weighted by atomic mass is 9.86. The Morgan fingerprint density at radius 3 is 2.96 bits per heavy atom. The van der Waals surface area contributed by atoms with Crippen molar-refractivity contribution in [1.29, 1.82) is 0 Å². The van der Waals surface area contributed by atoms with Crippen LogP contribution >= 0.6 is 11.3 Å². The normalized spacial score (nSPS) is 25.4. The molecular formula is C19H20N2O3S. The molecule has 1 atom stereocenters. The molecule has 3 aliphatic rings.